The van der Waals surface area contributed by atoms with Crippen LogP contribution in [0.15, 0.2) is 34.2 Å². The van der Waals surface area contributed by atoms with Crippen LogP contribution >= 0.6 is 0 Å². The molecule has 8 heteroatoms. The minimum atomic E-state index is -3.76. The highest BCUT2D eigenvalue weighted by Crippen LogP contribution is 2.28. The summed E-state index contributed by atoms with van der Waals surface area (Å²) in [5.74, 6) is 0.395. The van der Waals surface area contributed by atoms with Crippen LogP contribution in [0, 0.1) is 11.7 Å². The van der Waals surface area contributed by atoms with Gasteiger partial charge in [0.15, 0.2) is 0 Å². The third-order valence-electron chi connectivity index (χ3n) is 4.75. The van der Waals surface area contributed by atoms with Crippen molar-refractivity contribution >= 4 is 16.0 Å². The quantitative estimate of drug-likeness (QED) is 0.869. The monoisotopic (exact) mass is 354 g/mol. The minimum absolute atomic E-state index is 0.0109. The highest BCUT2D eigenvalue weighted by atomic mass is 32.2. The third kappa shape index (κ3) is 3.87. The Kier molecular flexibility index (Phi) is 5.05. The average molecular weight is 354 g/mol. The van der Waals surface area contributed by atoms with Gasteiger partial charge in [-0.15, -0.1) is 0 Å². The predicted molar refractivity (Wildman–Crippen MR) is 90.3 cm³/mol. The molecular weight excluding hydrogens is 331 g/mol. The van der Waals surface area contributed by atoms with Crippen molar-refractivity contribution in [1.29, 1.82) is 0 Å². The molecular formula is C16H23FN4O2S. The predicted octanol–water partition coefficient (Wildman–Crippen LogP) is 1.86. The Morgan fingerprint density at radius 1 is 1.25 bits per heavy atom. The van der Waals surface area contributed by atoms with Crippen molar-refractivity contribution in [3.63, 3.8) is 0 Å². The molecule has 1 aromatic rings. The highest BCUT2D eigenvalue weighted by Gasteiger charge is 2.29. The number of nitrogens with zero attached hydrogens (tertiary/aromatic N) is 2. The lowest BCUT2D eigenvalue weighted by atomic mass is 9.85. The summed E-state index contributed by atoms with van der Waals surface area (Å²) >= 11 is 0. The van der Waals surface area contributed by atoms with Gasteiger partial charge in [-0.1, -0.05) is 19.8 Å². The highest BCUT2D eigenvalue weighted by molar-refractivity contribution is 7.90. The molecule has 0 saturated heterocycles. The molecule has 1 heterocycles. The molecule has 1 saturated carbocycles. The Labute approximate surface area is 142 Å². The molecule has 2 atom stereocenters. The molecule has 2 aliphatic rings. The molecule has 3 rings (SSSR count). The second kappa shape index (κ2) is 7.06. The molecule has 0 spiro atoms. The first-order valence-electron chi connectivity index (χ1n) is 8.26. The third-order valence-corrected chi connectivity index (χ3v) is 6.11. The Bertz CT molecular complexity index is 705. The molecule has 6 nitrogen and oxygen atoms in total. The van der Waals surface area contributed by atoms with Gasteiger partial charge in [-0.25, -0.2) is 22.5 Å². The van der Waals surface area contributed by atoms with E-state index in [9.17, 15) is 12.8 Å². The van der Waals surface area contributed by atoms with E-state index in [-0.39, 0.29) is 10.9 Å². The number of aliphatic imine (C=N–C) groups is 1. The topological polar surface area (TPSA) is 73.8 Å². The Morgan fingerprint density at radius 2 is 1.96 bits per heavy atom. The number of hydrogen-bond acceptors (Lipinski definition) is 5. The van der Waals surface area contributed by atoms with Crippen molar-refractivity contribution in [2.24, 2.45) is 10.9 Å². The van der Waals surface area contributed by atoms with E-state index in [1.54, 1.807) is 0 Å². The second-order valence-electron chi connectivity index (χ2n) is 6.46. The Morgan fingerprint density at radius 3 is 2.58 bits per heavy atom. The molecule has 2 N–H and O–H groups in total. The zero-order chi connectivity index (χ0) is 17.2. The molecule has 24 heavy (non-hydrogen) atoms. The molecule has 0 bridgehead atoms. The molecule has 1 aromatic carbocycles. The van der Waals surface area contributed by atoms with Crippen molar-refractivity contribution in [3.05, 3.63) is 30.1 Å². The van der Waals surface area contributed by atoms with Gasteiger partial charge in [-0.2, -0.15) is 0 Å². The summed E-state index contributed by atoms with van der Waals surface area (Å²) in [5, 5.41) is 3.04. The van der Waals surface area contributed by atoms with E-state index >= 15 is 0 Å². The van der Waals surface area contributed by atoms with Gasteiger partial charge in [-0.3, -0.25) is 4.90 Å². The molecule has 1 aliphatic carbocycles. The van der Waals surface area contributed by atoms with E-state index < -0.39 is 15.8 Å². The van der Waals surface area contributed by atoms with Crippen LogP contribution in [-0.4, -0.2) is 38.7 Å². The summed E-state index contributed by atoms with van der Waals surface area (Å²) in [6.45, 7) is 3.31. The van der Waals surface area contributed by atoms with Gasteiger partial charge in [0.2, 0.25) is 5.96 Å². The fourth-order valence-corrected chi connectivity index (χ4v) is 4.38. The maximum atomic E-state index is 12.9. The first kappa shape index (κ1) is 17.2. The number of guanidine groups is 1. The summed E-state index contributed by atoms with van der Waals surface area (Å²) < 4.78 is 39.9. The SMILES string of the molecule is C[C@H]1CCCC[C@H]1N1CN=C(NS(=O)(=O)c2ccc(F)cc2)NC1. The molecule has 0 radical (unpaired) electrons. The van der Waals surface area contributed by atoms with Crippen LogP contribution in [0.5, 0.6) is 0 Å². The van der Waals surface area contributed by atoms with Gasteiger partial charge in [0, 0.05) is 6.04 Å². The van der Waals surface area contributed by atoms with Gasteiger partial charge in [-0.05, 0) is 43.0 Å². The standard InChI is InChI=1S/C16H23FN4O2S/c1-12-4-2-3-5-15(12)21-10-18-16(19-11-21)20-24(22,23)14-8-6-13(17)7-9-14/h6-9,12,15H,2-5,10-11H2,1H3,(H2,18,19,20)/t12-,15+/m0/s1. The zero-order valence-electron chi connectivity index (χ0n) is 13.7. The maximum Gasteiger partial charge on any atom is 0.264 e. The van der Waals surface area contributed by atoms with E-state index in [0.29, 0.717) is 25.3 Å². The van der Waals surface area contributed by atoms with E-state index in [1.807, 2.05) is 0 Å². The summed E-state index contributed by atoms with van der Waals surface area (Å²) in [7, 11) is -3.76. The van der Waals surface area contributed by atoms with Crippen molar-refractivity contribution in [2.75, 3.05) is 13.3 Å². The zero-order valence-corrected chi connectivity index (χ0v) is 14.5. The number of rotatable bonds is 3. The Balaban J connectivity index is 1.63. The van der Waals surface area contributed by atoms with E-state index in [1.165, 1.54) is 31.4 Å². The molecule has 1 fully saturated rings. The van der Waals surface area contributed by atoms with Crippen LogP contribution in [0.2, 0.25) is 0 Å². The van der Waals surface area contributed by atoms with E-state index in [2.05, 4.69) is 26.9 Å². The van der Waals surface area contributed by atoms with E-state index in [0.717, 1.165) is 18.6 Å². The van der Waals surface area contributed by atoms with Crippen LogP contribution in [0.3, 0.4) is 0 Å². The Hall–Kier alpha value is -1.67. The summed E-state index contributed by atoms with van der Waals surface area (Å²) in [6.07, 6.45) is 4.91. The number of hydrogen-bond donors (Lipinski definition) is 2. The molecule has 1 aliphatic heterocycles. The summed E-state index contributed by atoms with van der Waals surface area (Å²) in [5.41, 5.74) is 0. The van der Waals surface area contributed by atoms with Crippen LogP contribution < -0.4 is 10.0 Å². The second-order valence-corrected chi connectivity index (χ2v) is 8.14. The first-order valence-corrected chi connectivity index (χ1v) is 9.75. The van der Waals surface area contributed by atoms with Crippen LogP contribution in [0.4, 0.5) is 4.39 Å². The van der Waals surface area contributed by atoms with Gasteiger partial charge < -0.3 is 5.32 Å². The summed E-state index contributed by atoms with van der Waals surface area (Å²) in [6, 6.07) is 5.20. The first-order chi connectivity index (χ1) is 11.5. The van der Waals surface area contributed by atoms with Crippen LogP contribution in [0.1, 0.15) is 32.6 Å². The van der Waals surface area contributed by atoms with Crippen molar-refractivity contribution in [1.82, 2.24) is 14.9 Å². The lowest BCUT2D eigenvalue weighted by Gasteiger charge is -2.39. The molecule has 0 amide bonds. The summed E-state index contributed by atoms with van der Waals surface area (Å²) in [4.78, 5) is 6.58. The average Bonchev–Trinajstić information content (AvgIpc) is 2.56. The van der Waals surface area contributed by atoms with Gasteiger partial charge in [0.05, 0.1) is 18.2 Å². The number of sulfonamides is 1. The lowest BCUT2D eigenvalue weighted by molar-refractivity contribution is 0.106. The number of benzene rings is 1. The fourth-order valence-electron chi connectivity index (χ4n) is 3.37. The number of nitrogens with one attached hydrogen (secondary N) is 2. The van der Waals surface area contributed by atoms with Crippen LogP contribution in [0.25, 0.3) is 0 Å². The smallest absolute Gasteiger partial charge is 0.264 e. The van der Waals surface area contributed by atoms with E-state index in [4.69, 9.17) is 0 Å². The van der Waals surface area contributed by atoms with Crippen LogP contribution in [-0.2, 0) is 10.0 Å². The normalized spacial score (nSPS) is 25.7. The molecule has 132 valence electrons. The maximum absolute atomic E-state index is 12.9. The minimum Gasteiger partial charge on any atom is -0.343 e. The van der Waals surface area contributed by atoms with Crippen molar-refractivity contribution in [3.8, 4) is 0 Å². The van der Waals surface area contributed by atoms with Crippen molar-refractivity contribution in [2.45, 2.75) is 43.5 Å². The van der Waals surface area contributed by atoms with Gasteiger partial charge >= 0.3 is 0 Å². The molecule has 0 unspecified atom stereocenters. The fraction of sp³-hybridized carbons (Fsp3) is 0.562. The lowest BCUT2D eigenvalue weighted by Crippen LogP contribution is -2.54. The van der Waals surface area contributed by atoms with Crippen molar-refractivity contribution < 1.29 is 12.8 Å². The van der Waals surface area contributed by atoms with Gasteiger partial charge in [0.1, 0.15) is 5.82 Å². The molecule has 0 aromatic heterocycles. The largest absolute Gasteiger partial charge is 0.343 e. The number of halogens is 1. The van der Waals surface area contributed by atoms with Gasteiger partial charge in [0.25, 0.3) is 10.0 Å².